The molecular formula is C12H16N4OS. The molecule has 1 aromatic heterocycles. The third-order valence-electron chi connectivity index (χ3n) is 2.78. The molecule has 1 aliphatic heterocycles. The molecule has 2 N–H and O–H groups in total. The Labute approximate surface area is 112 Å². The lowest BCUT2D eigenvalue weighted by atomic mass is 10.4. The van der Waals surface area contributed by atoms with Crippen molar-refractivity contribution in [2.45, 2.75) is 12.8 Å². The molecule has 0 spiro atoms. The Morgan fingerprint density at radius 2 is 2.22 bits per heavy atom. The Bertz CT molecular complexity index is 423. The first-order chi connectivity index (χ1) is 8.75. The van der Waals surface area contributed by atoms with E-state index >= 15 is 0 Å². The van der Waals surface area contributed by atoms with Crippen molar-refractivity contribution in [1.29, 1.82) is 0 Å². The zero-order chi connectivity index (χ0) is 12.8. The van der Waals surface area contributed by atoms with Crippen molar-refractivity contribution >= 4 is 28.9 Å². The van der Waals surface area contributed by atoms with Crippen molar-refractivity contribution in [2.24, 2.45) is 0 Å². The van der Waals surface area contributed by atoms with Crippen LogP contribution >= 0.6 is 12.2 Å². The monoisotopic (exact) mass is 264 g/mol. The summed E-state index contributed by atoms with van der Waals surface area (Å²) in [4.78, 5) is 17.2. The number of pyridine rings is 1. The first kappa shape index (κ1) is 12.8. The summed E-state index contributed by atoms with van der Waals surface area (Å²) in [5.41, 5.74) is 0.903. The largest absolute Gasteiger partial charge is 0.361 e. The van der Waals surface area contributed by atoms with Gasteiger partial charge in [0.15, 0.2) is 5.11 Å². The van der Waals surface area contributed by atoms with Crippen LogP contribution < -0.4 is 10.6 Å². The van der Waals surface area contributed by atoms with Gasteiger partial charge in [-0.05, 0) is 30.8 Å². The van der Waals surface area contributed by atoms with E-state index in [1.807, 2.05) is 17.0 Å². The van der Waals surface area contributed by atoms with Gasteiger partial charge in [0, 0.05) is 44.1 Å². The number of hydrogen-bond donors (Lipinski definition) is 2. The van der Waals surface area contributed by atoms with Gasteiger partial charge in [0.2, 0.25) is 5.91 Å². The first-order valence-electron chi connectivity index (χ1n) is 5.98. The number of rotatable bonds is 4. The fourth-order valence-electron chi connectivity index (χ4n) is 1.86. The highest BCUT2D eigenvalue weighted by molar-refractivity contribution is 7.80. The third kappa shape index (κ3) is 3.66. The lowest BCUT2D eigenvalue weighted by Gasteiger charge is -2.16. The third-order valence-corrected chi connectivity index (χ3v) is 3.02. The maximum absolute atomic E-state index is 11.4. The lowest BCUT2D eigenvalue weighted by molar-refractivity contribution is -0.127. The summed E-state index contributed by atoms with van der Waals surface area (Å²) in [5, 5.41) is 6.70. The van der Waals surface area contributed by atoms with Gasteiger partial charge in [0.25, 0.3) is 0 Å². The van der Waals surface area contributed by atoms with E-state index in [1.165, 1.54) is 0 Å². The van der Waals surface area contributed by atoms with Crippen molar-refractivity contribution in [3.05, 3.63) is 24.5 Å². The molecule has 0 unspecified atom stereocenters. The number of aromatic nitrogens is 1. The van der Waals surface area contributed by atoms with Gasteiger partial charge < -0.3 is 15.5 Å². The second-order valence-corrected chi connectivity index (χ2v) is 4.51. The minimum Gasteiger partial charge on any atom is -0.361 e. The molecule has 1 saturated heterocycles. The van der Waals surface area contributed by atoms with Crippen LogP contribution in [0.15, 0.2) is 24.5 Å². The molecule has 2 rings (SSSR count). The van der Waals surface area contributed by atoms with Crippen LogP contribution in [-0.4, -0.2) is 40.5 Å². The second kappa shape index (κ2) is 6.30. The number of carbonyl (C=O) groups excluding carboxylic acids is 1. The number of nitrogens with one attached hydrogen (secondary N) is 2. The Hall–Kier alpha value is -1.69. The van der Waals surface area contributed by atoms with Crippen LogP contribution in [0.2, 0.25) is 0 Å². The maximum Gasteiger partial charge on any atom is 0.222 e. The molecule has 0 radical (unpaired) electrons. The molecule has 0 saturated carbocycles. The van der Waals surface area contributed by atoms with Gasteiger partial charge in [0.1, 0.15) is 0 Å². The molecule has 1 fully saturated rings. The summed E-state index contributed by atoms with van der Waals surface area (Å²) in [5.74, 6) is 0.241. The van der Waals surface area contributed by atoms with E-state index in [-0.39, 0.29) is 5.91 Å². The molecule has 1 aromatic rings. The molecule has 2 heterocycles. The zero-order valence-corrected chi connectivity index (χ0v) is 10.9. The predicted molar refractivity (Wildman–Crippen MR) is 74.3 cm³/mol. The number of hydrogen-bond acceptors (Lipinski definition) is 3. The molecule has 6 heteroatoms. The van der Waals surface area contributed by atoms with Crippen LogP contribution in [0.5, 0.6) is 0 Å². The summed E-state index contributed by atoms with van der Waals surface area (Å²) >= 11 is 5.16. The number of amides is 1. The Kier molecular flexibility index (Phi) is 4.46. The number of likely N-dealkylation sites (tertiary alicyclic amines) is 1. The van der Waals surface area contributed by atoms with E-state index in [2.05, 4.69) is 15.6 Å². The van der Waals surface area contributed by atoms with Gasteiger partial charge in [-0.25, -0.2) is 0 Å². The van der Waals surface area contributed by atoms with E-state index in [4.69, 9.17) is 12.2 Å². The van der Waals surface area contributed by atoms with Gasteiger partial charge >= 0.3 is 0 Å². The van der Waals surface area contributed by atoms with E-state index in [9.17, 15) is 4.79 Å². The number of anilines is 1. The quantitative estimate of drug-likeness (QED) is 0.794. The number of thiocarbonyl (C=S) groups is 1. The Morgan fingerprint density at radius 1 is 1.44 bits per heavy atom. The van der Waals surface area contributed by atoms with E-state index in [1.54, 1.807) is 12.4 Å². The summed E-state index contributed by atoms with van der Waals surface area (Å²) in [7, 11) is 0. The normalized spacial score (nSPS) is 14.7. The predicted octanol–water partition coefficient (Wildman–Crippen LogP) is 0.990. The van der Waals surface area contributed by atoms with Crippen molar-refractivity contribution in [2.75, 3.05) is 25.0 Å². The molecule has 96 valence electrons. The van der Waals surface area contributed by atoms with E-state index < -0.39 is 0 Å². The van der Waals surface area contributed by atoms with Gasteiger partial charge in [-0.2, -0.15) is 0 Å². The van der Waals surface area contributed by atoms with Crippen LogP contribution in [0.1, 0.15) is 12.8 Å². The minimum absolute atomic E-state index is 0.241. The maximum atomic E-state index is 11.4. The zero-order valence-electron chi connectivity index (χ0n) is 10.1. The van der Waals surface area contributed by atoms with Crippen molar-refractivity contribution in [3.8, 4) is 0 Å². The average molecular weight is 264 g/mol. The SMILES string of the molecule is O=C1CCCN1CCNC(=S)Nc1ccncc1. The van der Waals surface area contributed by atoms with Crippen LogP contribution in [0.4, 0.5) is 5.69 Å². The number of nitrogens with zero attached hydrogens (tertiary/aromatic N) is 2. The fourth-order valence-corrected chi connectivity index (χ4v) is 2.08. The van der Waals surface area contributed by atoms with Crippen LogP contribution in [-0.2, 0) is 4.79 Å². The molecule has 5 nitrogen and oxygen atoms in total. The summed E-state index contributed by atoms with van der Waals surface area (Å²) in [6, 6.07) is 3.69. The van der Waals surface area contributed by atoms with Crippen LogP contribution in [0, 0.1) is 0 Å². The smallest absolute Gasteiger partial charge is 0.222 e. The topological polar surface area (TPSA) is 57.3 Å². The summed E-state index contributed by atoms with van der Waals surface area (Å²) in [6.45, 7) is 2.24. The van der Waals surface area contributed by atoms with Gasteiger partial charge in [-0.15, -0.1) is 0 Å². The number of carbonyl (C=O) groups is 1. The van der Waals surface area contributed by atoms with E-state index in [0.29, 0.717) is 24.6 Å². The van der Waals surface area contributed by atoms with E-state index in [0.717, 1.165) is 18.7 Å². The molecule has 0 bridgehead atoms. The van der Waals surface area contributed by atoms with Gasteiger partial charge in [-0.3, -0.25) is 9.78 Å². The lowest BCUT2D eigenvalue weighted by Crippen LogP contribution is -2.37. The molecule has 1 aliphatic rings. The average Bonchev–Trinajstić information content (AvgIpc) is 2.76. The van der Waals surface area contributed by atoms with Gasteiger partial charge in [-0.1, -0.05) is 0 Å². The molecule has 18 heavy (non-hydrogen) atoms. The highest BCUT2D eigenvalue weighted by Crippen LogP contribution is 2.08. The summed E-state index contributed by atoms with van der Waals surface area (Å²) in [6.07, 6.45) is 5.06. The standard InChI is InChI=1S/C12H16N4OS/c17-11-2-1-8-16(11)9-7-14-12(18)15-10-3-5-13-6-4-10/h3-6H,1-2,7-9H2,(H2,13,14,15,18). The van der Waals surface area contributed by atoms with Crippen molar-refractivity contribution in [3.63, 3.8) is 0 Å². The Balaban J connectivity index is 1.67. The molecule has 0 atom stereocenters. The van der Waals surface area contributed by atoms with Crippen LogP contribution in [0.3, 0.4) is 0 Å². The van der Waals surface area contributed by atoms with Crippen LogP contribution in [0.25, 0.3) is 0 Å². The minimum atomic E-state index is 0.241. The highest BCUT2D eigenvalue weighted by atomic mass is 32.1. The molecule has 0 aliphatic carbocycles. The molecule has 0 aromatic carbocycles. The summed E-state index contributed by atoms with van der Waals surface area (Å²) < 4.78 is 0. The second-order valence-electron chi connectivity index (χ2n) is 4.10. The molecular weight excluding hydrogens is 248 g/mol. The fraction of sp³-hybridized carbons (Fsp3) is 0.417. The highest BCUT2D eigenvalue weighted by Gasteiger charge is 2.18. The van der Waals surface area contributed by atoms with Crippen molar-refractivity contribution < 1.29 is 4.79 Å². The first-order valence-corrected chi connectivity index (χ1v) is 6.39. The van der Waals surface area contributed by atoms with Crippen molar-refractivity contribution in [1.82, 2.24) is 15.2 Å². The Morgan fingerprint density at radius 3 is 2.89 bits per heavy atom. The van der Waals surface area contributed by atoms with Gasteiger partial charge in [0.05, 0.1) is 0 Å². The molecule has 1 amide bonds.